The number of hydrogen-bond donors (Lipinski definition) is 0. The maximum Gasteiger partial charge on any atom is 0.136 e. The molecule has 3 aromatic carbocycles. The molecule has 1 atom stereocenters. The lowest BCUT2D eigenvalue weighted by Gasteiger charge is -2.18. The summed E-state index contributed by atoms with van der Waals surface area (Å²) >= 11 is 6.54. The number of fused-ring (bicyclic) bond motifs is 4. The predicted octanol–water partition coefficient (Wildman–Crippen LogP) is 9.40. The van der Waals surface area contributed by atoms with Crippen molar-refractivity contribution in [3.05, 3.63) is 76.9 Å². The van der Waals surface area contributed by atoms with Gasteiger partial charge in [-0.15, -0.1) is 0 Å². The Balaban J connectivity index is 1.63. The van der Waals surface area contributed by atoms with Crippen molar-refractivity contribution in [2.24, 2.45) is 5.92 Å². The maximum absolute atomic E-state index is 6.54. The SMILES string of the molecule is CCCCC(CC)Cn1c2cc(OC)ccc2c2cc(/C=C/c3cc4ccccc4nc3Cl)c(OC)cc21. The van der Waals surface area contributed by atoms with Gasteiger partial charge in [0, 0.05) is 46.0 Å². The van der Waals surface area contributed by atoms with E-state index < -0.39 is 0 Å². The molecule has 0 saturated carbocycles. The van der Waals surface area contributed by atoms with Crippen LogP contribution in [0, 0.1) is 5.92 Å². The van der Waals surface area contributed by atoms with E-state index in [-0.39, 0.29) is 0 Å². The highest BCUT2D eigenvalue weighted by Crippen LogP contribution is 2.37. The van der Waals surface area contributed by atoms with E-state index in [9.17, 15) is 0 Å². The molecule has 0 radical (unpaired) electrons. The lowest BCUT2D eigenvalue weighted by Crippen LogP contribution is -2.10. The van der Waals surface area contributed by atoms with Crippen LogP contribution >= 0.6 is 11.6 Å². The number of para-hydroxylation sites is 1. The third-order valence-corrected chi connectivity index (χ3v) is 7.86. The molecule has 2 heterocycles. The number of halogens is 1. The van der Waals surface area contributed by atoms with E-state index in [2.05, 4.69) is 65.9 Å². The fraction of sp³-hybridized carbons (Fsp3) is 0.303. The van der Waals surface area contributed by atoms with Gasteiger partial charge in [0.1, 0.15) is 16.7 Å². The highest BCUT2D eigenvalue weighted by molar-refractivity contribution is 6.31. The van der Waals surface area contributed by atoms with E-state index in [4.69, 9.17) is 21.1 Å². The largest absolute Gasteiger partial charge is 0.497 e. The van der Waals surface area contributed by atoms with Gasteiger partial charge in [-0.25, -0.2) is 4.98 Å². The minimum absolute atomic E-state index is 0.487. The summed E-state index contributed by atoms with van der Waals surface area (Å²) in [5, 5.41) is 3.97. The molecule has 0 aliphatic carbocycles. The van der Waals surface area contributed by atoms with Gasteiger partial charge in [-0.3, -0.25) is 0 Å². The first-order valence-corrected chi connectivity index (χ1v) is 13.8. The topological polar surface area (TPSA) is 36.3 Å². The molecular formula is C33H35ClN2O2. The van der Waals surface area contributed by atoms with Crippen molar-refractivity contribution in [3.8, 4) is 11.5 Å². The minimum atomic E-state index is 0.487. The average molecular weight is 527 g/mol. The molecule has 1 unspecified atom stereocenters. The van der Waals surface area contributed by atoms with Crippen LogP contribution in [0.15, 0.2) is 60.7 Å². The molecule has 5 aromatic rings. The Morgan fingerprint density at radius 2 is 1.68 bits per heavy atom. The van der Waals surface area contributed by atoms with Crippen molar-refractivity contribution < 1.29 is 9.47 Å². The number of aromatic nitrogens is 2. The van der Waals surface area contributed by atoms with Gasteiger partial charge in [0.25, 0.3) is 0 Å². The van der Waals surface area contributed by atoms with E-state index in [0.717, 1.165) is 46.5 Å². The normalized spacial score (nSPS) is 12.7. The molecule has 0 N–H and O–H groups in total. The monoisotopic (exact) mass is 526 g/mol. The third-order valence-electron chi connectivity index (χ3n) is 7.56. The van der Waals surface area contributed by atoms with Crippen LogP contribution in [0.5, 0.6) is 11.5 Å². The van der Waals surface area contributed by atoms with Gasteiger partial charge in [-0.05, 0) is 42.7 Å². The first-order chi connectivity index (χ1) is 18.6. The number of pyridine rings is 1. The van der Waals surface area contributed by atoms with Crippen molar-refractivity contribution in [1.82, 2.24) is 9.55 Å². The Morgan fingerprint density at radius 3 is 2.45 bits per heavy atom. The highest BCUT2D eigenvalue weighted by atomic mass is 35.5. The Bertz CT molecular complexity index is 1620. The molecule has 0 bridgehead atoms. The standard InChI is InChI=1S/C33H35ClN2O2/c1-5-7-10-22(6-2)21-36-30-19-26(37-3)15-16-27(30)28-18-24(32(38-4)20-31(28)36)13-14-25-17-23-11-8-9-12-29(23)35-33(25)34/h8-9,11-20,22H,5-7,10,21H2,1-4H3/b14-13+. The zero-order valence-corrected chi connectivity index (χ0v) is 23.4. The van der Waals surface area contributed by atoms with Gasteiger partial charge < -0.3 is 14.0 Å². The zero-order valence-electron chi connectivity index (χ0n) is 22.6. The molecule has 5 heteroatoms. The summed E-state index contributed by atoms with van der Waals surface area (Å²) < 4.78 is 14.0. The van der Waals surface area contributed by atoms with E-state index in [0.29, 0.717) is 11.1 Å². The molecular weight excluding hydrogens is 492 g/mol. The second kappa shape index (κ2) is 11.5. The van der Waals surface area contributed by atoms with Crippen LogP contribution in [0.1, 0.15) is 50.7 Å². The molecule has 0 aliphatic rings. The molecule has 196 valence electrons. The van der Waals surface area contributed by atoms with Crippen LogP contribution in [0.2, 0.25) is 5.15 Å². The third kappa shape index (κ3) is 5.10. The summed E-state index contributed by atoms with van der Waals surface area (Å²) in [6.07, 6.45) is 8.95. The second-order valence-corrected chi connectivity index (χ2v) is 10.3. The van der Waals surface area contributed by atoms with Gasteiger partial charge in [-0.2, -0.15) is 0 Å². The summed E-state index contributed by atoms with van der Waals surface area (Å²) in [6, 6.07) is 20.9. The zero-order chi connectivity index (χ0) is 26.6. The van der Waals surface area contributed by atoms with Crippen LogP contribution in [0.4, 0.5) is 0 Å². The molecule has 2 aromatic heterocycles. The summed E-state index contributed by atoms with van der Waals surface area (Å²) in [5.74, 6) is 2.32. The van der Waals surface area contributed by atoms with Crippen LogP contribution in [0.3, 0.4) is 0 Å². The average Bonchev–Trinajstić information content (AvgIpc) is 3.24. The lowest BCUT2D eigenvalue weighted by atomic mass is 9.99. The number of ether oxygens (including phenoxy) is 2. The van der Waals surface area contributed by atoms with Gasteiger partial charge in [0.2, 0.25) is 0 Å². The van der Waals surface area contributed by atoms with Crippen molar-refractivity contribution in [3.63, 3.8) is 0 Å². The molecule has 5 rings (SSSR count). The van der Waals surface area contributed by atoms with Crippen molar-refractivity contribution >= 4 is 56.5 Å². The van der Waals surface area contributed by atoms with Crippen molar-refractivity contribution in [2.45, 2.75) is 46.1 Å². The number of benzene rings is 3. The first-order valence-electron chi connectivity index (χ1n) is 13.5. The first kappa shape index (κ1) is 26.1. The van der Waals surface area contributed by atoms with Gasteiger partial charge in [-0.1, -0.05) is 75.1 Å². The van der Waals surface area contributed by atoms with Crippen molar-refractivity contribution in [1.29, 1.82) is 0 Å². The van der Waals surface area contributed by atoms with E-state index in [1.54, 1.807) is 14.2 Å². The van der Waals surface area contributed by atoms with Crippen LogP contribution in [-0.2, 0) is 6.54 Å². The summed E-state index contributed by atoms with van der Waals surface area (Å²) in [7, 11) is 3.46. The minimum Gasteiger partial charge on any atom is -0.497 e. The molecule has 4 nitrogen and oxygen atoms in total. The highest BCUT2D eigenvalue weighted by Gasteiger charge is 2.17. The molecule has 0 fully saturated rings. The fourth-order valence-electron chi connectivity index (χ4n) is 5.33. The Morgan fingerprint density at radius 1 is 0.895 bits per heavy atom. The smallest absolute Gasteiger partial charge is 0.136 e. The maximum atomic E-state index is 6.54. The summed E-state index contributed by atoms with van der Waals surface area (Å²) in [5.41, 5.74) is 5.14. The van der Waals surface area contributed by atoms with Gasteiger partial charge in [0.05, 0.1) is 30.8 Å². The Kier molecular flexibility index (Phi) is 7.90. The number of unbranched alkanes of at least 4 members (excludes halogenated alkanes) is 1. The molecule has 0 spiro atoms. The van der Waals surface area contributed by atoms with Crippen LogP contribution < -0.4 is 9.47 Å². The number of methoxy groups -OCH3 is 2. The van der Waals surface area contributed by atoms with Gasteiger partial charge >= 0.3 is 0 Å². The second-order valence-electron chi connectivity index (χ2n) is 9.92. The summed E-state index contributed by atoms with van der Waals surface area (Å²) in [4.78, 5) is 4.57. The van der Waals surface area contributed by atoms with Gasteiger partial charge in [0.15, 0.2) is 0 Å². The lowest BCUT2D eigenvalue weighted by molar-refractivity contribution is 0.398. The van der Waals surface area contributed by atoms with Crippen LogP contribution in [0.25, 0.3) is 44.9 Å². The Hall–Kier alpha value is -3.50. The molecule has 0 aliphatic heterocycles. The fourth-order valence-corrected chi connectivity index (χ4v) is 5.54. The number of nitrogens with zero attached hydrogens (tertiary/aromatic N) is 2. The molecule has 38 heavy (non-hydrogen) atoms. The quantitative estimate of drug-likeness (QED) is 0.170. The van der Waals surface area contributed by atoms with Crippen molar-refractivity contribution in [2.75, 3.05) is 14.2 Å². The predicted molar refractivity (Wildman–Crippen MR) is 162 cm³/mol. The molecule has 0 saturated heterocycles. The van der Waals surface area contributed by atoms with Crippen LogP contribution in [-0.4, -0.2) is 23.8 Å². The summed E-state index contributed by atoms with van der Waals surface area (Å²) in [6.45, 7) is 5.53. The molecule has 0 amide bonds. The number of hydrogen-bond acceptors (Lipinski definition) is 3. The van der Waals surface area contributed by atoms with E-state index in [1.165, 1.54) is 41.1 Å². The van der Waals surface area contributed by atoms with E-state index in [1.807, 2.05) is 30.3 Å². The Labute approximate surface area is 229 Å². The number of rotatable bonds is 10. The van der Waals surface area contributed by atoms with E-state index >= 15 is 0 Å².